The normalized spacial score (nSPS) is 12.3. The van der Waals surface area contributed by atoms with E-state index in [0.717, 1.165) is 0 Å². The van der Waals surface area contributed by atoms with Crippen molar-refractivity contribution in [2.75, 3.05) is 11.1 Å². The number of carbonyl (C=O) groups is 1. The van der Waals surface area contributed by atoms with E-state index in [1.165, 1.54) is 24.3 Å². The van der Waals surface area contributed by atoms with E-state index < -0.39 is 5.25 Å². The van der Waals surface area contributed by atoms with E-state index >= 15 is 0 Å². The van der Waals surface area contributed by atoms with Gasteiger partial charge in [0.15, 0.2) is 5.65 Å². The molecule has 1 amide bonds. The Morgan fingerprint density at radius 3 is 2.86 bits per heavy atom. The van der Waals surface area contributed by atoms with Crippen molar-refractivity contribution in [1.82, 2.24) is 29.9 Å². The molecule has 0 aliphatic heterocycles. The number of nitrogens with one attached hydrogen (secondary N) is 2. The number of ether oxygens (including phenoxy) is 1. The summed E-state index contributed by atoms with van der Waals surface area (Å²) in [7, 11) is 0. The van der Waals surface area contributed by atoms with Crippen molar-refractivity contribution in [3.8, 4) is 5.88 Å². The molecular weight excluding hydrogens is 448 g/mol. The van der Waals surface area contributed by atoms with E-state index in [0.29, 0.717) is 33.0 Å². The molecule has 28 heavy (non-hydrogen) atoms. The van der Waals surface area contributed by atoms with Crippen LogP contribution in [0.4, 0.5) is 11.9 Å². The molecule has 1 atom stereocenters. The van der Waals surface area contributed by atoms with Gasteiger partial charge in [0.2, 0.25) is 23.7 Å². The van der Waals surface area contributed by atoms with Crippen LogP contribution in [-0.2, 0) is 4.79 Å². The van der Waals surface area contributed by atoms with Gasteiger partial charge >= 0.3 is 0 Å². The van der Waals surface area contributed by atoms with Crippen LogP contribution < -0.4 is 15.8 Å². The number of imidazole rings is 1. The van der Waals surface area contributed by atoms with Gasteiger partial charge in [0.1, 0.15) is 10.5 Å². The number of nitrogens with zero attached hydrogens (tertiary/aromatic N) is 5. The molecule has 10 nitrogen and oxygen atoms in total. The van der Waals surface area contributed by atoms with Gasteiger partial charge in [-0.25, -0.2) is 15.0 Å². The lowest BCUT2D eigenvalue weighted by Gasteiger charge is -2.15. The molecule has 0 fully saturated rings. The third-order valence-electron chi connectivity index (χ3n) is 3.48. The molecule has 3 aromatic heterocycles. The zero-order chi connectivity index (χ0) is 20.3. The number of thioether (sulfide) groups is 1. The van der Waals surface area contributed by atoms with E-state index in [1.54, 1.807) is 0 Å². The molecule has 0 aliphatic carbocycles. The average Bonchev–Trinajstić information content (AvgIpc) is 3.10. The Labute approximate surface area is 173 Å². The molecule has 0 saturated carbocycles. The Balaban J connectivity index is 1.78. The van der Waals surface area contributed by atoms with E-state index in [9.17, 15) is 4.79 Å². The first-order valence-electron chi connectivity index (χ1n) is 8.50. The summed E-state index contributed by atoms with van der Waals surface area (Å²) in [6, 6.07) is 0. The Morgan fingerprint density at radius 2 is 2.14 bits per heavy atom. The van der Waals surface area contributed by atoms with E-state index in [1.807, 2.05) is 20.8 Å². The highest BCUT2D eigenvalue weighted by Gasteiger charge is 2.22. The molecule has 0 unspecified atom stereocenters. The van der Waals surface area contributed by atoms with Crippen molar-refractivity contribution in [1.29, 1.82) is 0 Å². The van der Waals surface area contributed by atoms with Crippen LogP contribution in [0.25, 0.3) is 11.2 Å². The van der Waals surface area contributed by atoms with Crippen molar-refractivity contribution >= 4 is 56.7 Å². The predicted molar refractivity (Wildman–Crippen MR) is 110 cm³/mol. The number of amides is 1. The zero-order valence-electron chi connectivity index (χ0n) is 15.4. The summed E-state index contributed by atoms with van der Waals surface area (Å²) in [6.07, 6.45) is 3.54. The quantitative estimate of drug-likeness (QED) is 0.353. The number of aromatic nitrogens is 6. The number of rotatable bonds is 7. The zero-order valence-corrected chi connectivity index (χ0v) is 17.8. The first-order valence-corrected chi connectivity index (χ1v) is 10.2. The summed E-state index contributed by atoms with van der Waals surface area (Å²) < 4.78 is 6.22. The third kappa shape index (κ3) is 4.68. The van der Waals surface area contributed by atoms with E-state index in [2.05, 4.69) is 51.2 Å². The topological polar surface area (TPSA) is 145 Å². The number of anilines is 2. The smallest absolute Gasteiger partial charge is 0.240 e. The summed E-state index contributed by atoms with van der Waals surface area (Å²) in [5.74, 6) is 0.375. The van der Waals surface area contributed by atoms with Crippen LogP contribution in [0.3, 0.4) is 0 Å². The summed E-state index contributed by atoms with van der Waals surface area (Å²) in [5.41, 5.74) is 6.84. The van der Waals surface area contributed by atoms with Crippen molar-refractivity contribution in [2.45, 2.75) is 43.6 Å². The SMILES string of the molecule is CC[C@H](Sc1nc(N)nc2nc[nH]c12)C(=O)Nc1ncc(Br)c(OC(C)C)n1. The summed E-state index contributed by atoms with van der Waals surface area (Å²) in [5, 5.41) is 2.84. The Bertz CT molecular complexity index is 996. The Morgan fingerprint density at radius 1 is 1.36 bits per heavy atom. The number of nitrogen functional groups attached to an aromatic ring is 1. The molecule has 0 spiro atoms. The Hall–Kier alpha value is -2.47. The van der Waals surface area contributed by atoms with Crippen molar-refractivity contribution in [2.24, 2.45) is 0 Å². The van der Waals surface area contributed by atoms with Gasteiger partial charge in [0.25, 0.3) is 0 Å². The van der Waals surface area contributed by atoms with Gasteiger partial charge in [0, 0.05) is 0 Å². The monoisotopic (exact) mass is 466 g/mol. The number of aromatic amines is 1. The number of hydrogen-bond donors (Lipinski definition) is 3. The van der Waals surface area contributed by atoms with E-state index in [4.69, 9.17) is 10.5 Å². The lowest BCUT2D eigenvalue weighted by atomic mass is 10.3. The van der Waals surface area contributed by atoms with Gasteiger partial charge in [-0.15, -0.1) is 0 Å². The average molecular weight is 467 g/mol. The second kappa shape index (κ2) is 8.69. The molecular formula is C16H19BrN8O2S. The van der Waals surface area contributed by atoms with E-state index in [-0.39, 0.29) is 23.9 Å². The molecule has 0 radical (unpaired) electrons. The van der Waals surface area contributed by atoms with Crippen molar-refractivity contribution in [3.05, 3.63) is 17.0 Å². The number of hydrogen-bond acceptors (Lipinski definition) is 9. The highest BCUT2D eigenvalue weighted by atomic mass is 79.9. The molecule has 3 aromatic rings. The fourth-order valence-corrected chi connectivity index (χ4v) is 3.57. The number of nitrogens with two attached hydrogens (primary N) is 1. The van der Waals surface area contributed by atoms with Gasteiger partial charge in [-0.05, 0) is 36.2 Å². The number of halogens is 1. The minimum absolute atomic E-state index is 0.0614. The first-order chi connectivity index (χ1) is 13.4. The molecule has 4 N–H and O–H groups in total. The highest BCUT2D eigenvalue weighted by molar-refractivity contribution is 9.10. The molecule has 0 aliphatic rings. The minimum Gasteiger partial charge on any atom is -0.474 e. The maximum atomic E-state index is 12.8. The van der Waals surface area contributed by atoms with Gasteiger partial charge < -0.3 is 15.5 Å². The second-order valence-corrected chi connectivity index (χ2v) is 8.05. The van der Waals surface area contributed by atoms with Crippen molar-refractivity contribution in [3.63, 3.8) is 0 Å². The van der Waals surface area contributed by atoms with Gasteiger partial charge in [-0.3, -0.25) is 10.1 Å². The second-order valence-electron chi connectivity index (χ2n) is 6.01. The number of fused-ring (bicyclic) bond motifs is 1. The molecule has 0 saturated heterocycles. The molecule has 0 aromatic carbocycles. The van der Waals surface area contributed by atoms with Crippen LogP contribution in [0.5, 0.6) is 5.88 Å². The van der Waals surface area contributed by atoms with Crippen LogP contribution in [0.2, 0.25) is 0 Å². The van der Waals surface area contributed by atoms with Crippen LogP contribution in [0.15, 0.2) is 22.0 Å². The number of carbonyl (C=O) groups excluding carboxylic acids is 1. The highest BCUT2D eigenvalue weighted by Crippen LogP contribution is 2.30. The summed E-state index contributed by atoms with van der Waals surface area (Å²) >= 11 is 4.61. The molecule has 148 valence electrons. The largest absolute Gasteiger partial charge is 0.474 e. The minimum atomic E-state index is -0.442. The van der Waals surface area contributed by atoms with Gasteiger partial charge in [-0.2, -0.15) is 9.97 Å². The van der Waals surface area contributed by atoms with Crippen molar-refractivity contribution < 1.29 is 9.53 Å². The molecule has 12 heteroatoms. The third-order valence-corrected chi connectivity index (χ3v) is 5.38. The van der Waals surface area contributed by atoms with Gasteiger partial charge in [-0.1, -0.05) is 18.7 Å². The fraction of sp³-hybridized carbons (Fsp3) is 0.375. The van der Waals surface area contributed by atoms with Crippen LogP contribution in [0, 0.1) is 0 Å². The predicted octanol–water partition coefficient (Wildman–Crippen LogP) is 2.78. The number of H-pyrrole nitrogens is 1. The van der Waals surface area contributed by atoms with Crippen LogP contribution in [0.1, 0.15) is 27.2 Å². The van der Waals surface area contributed by atoms with Gasteiger partial charge in [0.05, 0.1) is 28.4 Å². The van der Waals surface area contributed by atoms with Crippen LogP contribution in [-0.4, -0.2) is 47.2 Å². The van der Waals surface area contributed by atoms with Crippen LogP contribution >= 0.6 is 27.7 Å². The first kappa shape index (κ1) is 20.3. The maximum absolute atomic E-state index is 12.8. The summed E-state index contributed by atoms with van der Waals surface area (Å²) in [4.78, 5) is 36.5. The molecule has 3 heterocycles. The maximum Gasteiger partial charge on any atom is 0.240 e. The fourth-order valence-electron chi connectivity index (χ4n) is 2.27. The lowest BCUT2D eigenvalue weighted by Crippen LogP contribution is -2.26. The lowest BCUT2D eigenvalue weighted by molar-refractivity contribution is -0.115. The summed E-state index contributed by atoms with van der Waals surface area (Å²) in [6.45, 7) is 5.68. The molecule has 3 rings (SSSR count). The molecule has 0 bridgehead atoms. The Kier molecular flexibility index (Phi) is 6.29. The standard InChI is InChI=1S/C16H19BrN8O2S/c1-4-9(28-14-10-11(21-6-20-10)22-15(18)25-14)12(26)23-16-19-5-8(17)13(24-16)27-7(2)3/h5-7,9H,4H2,1-3H3,(H,19,23,24,26)(H3,18,20,21,22,25)/t9-/m0/s1.